The zero-order chi connectivity index (χ0) is 14.4. The molecular weight excluding hydrogens is 319 g/mol. The third kappa shape index (κ3) is 2.92. The molecule has 0 aromatic carbocycles. The van der Waals surface area contributed by atoms with E-state index >= 15 is 0 Å². The molecule has 3 heteroatoms. The van der Waals surface area contributed by atoms with Crippen LogP contribution >= 0.6 is 35.0 Å². The molecule has 1 saturated heterocycles. The fourth-order valence-electron chi connectivity index (χ4n) is 5.76. The molecule has 1 heterocycles. The van der Waals surface area contributed by atoms with E-state index in [1.54, 1.807) is 0 Å². The van der Waals surface area contributed by atoms with Gasteiger partial charge >= 0.3 is 0 Å². The lowest BCUT2D eigenvalue weighted by Gasteiger charge is -2.43. The van der Waals surface area contributed by atoms with Gasteiger partial charge < -0.3 is 0 Å². The van der Waals surface area contributed by atoms with Crippen LogP contribution in [0.4, 0.5) is 0 Å². The molecule has 4 rings (SSSR count). The van der Waals surface area contributed by atoms with Crippen LogP contribution in [-0.2, 0) is 0 Å². The fraction of sp³-hybridized carbons (Fsp3) is 0.889. The topological polar surface area (TPSA) is 0 Å². The van der Waals surface area contributed by atoms with Gasteiger partial charge in [-0.2, -0.15) is 11.8 Å². The summed E-state index contributed by atoms with van der Waals surface area (Å²) in [5, 5.41) is 3.14. The molecule has 0 aromatic heterocycles. The Hall–Kier alpha value is 0.670. The number of hydrogen-bond acceptors (Lipinski definition) is 1. The van der Waals surface area contributed by atoms with Gasteiger partial charge in [0.2, 0.25) is 0 Å². The van der Waals surface area contributed by atoms with Crippen molar-refractivity contribution in [2.24, 2.45) is 23.7 Å². The van der Waals surface area contributed by atoms with E-state index in [1.807, 2.05) is 0 Å². The Kier molecular flexibility index (Phi) is 4.55. The maximum Gasteiger partial charge on any atom is 0.0532 e. The first-order valence-electron chi connectivity index (χ1n) is 8.88. The summed E-state index contributed by atoms with van der Waals surface area (Å²) in [7, 11) is 0. The number of halogens is 2. The van der Waals surface area contributed by atoms with E-state index in [0.717, 1.165) is 52.0 Å². The normalized spacial score (nSPS) is 50.2. The second-order valence-corrected chi connectivity index (χ2v) is 10.2. The van der Waals surface area contributed by atoms with Crippen LogP contribution < -0.4 is 0 Å². The van der Waals surface area contributed by atoms with E-state index in [-0.39, 0.29) is 5.38 Å². The predicted molar refractivity (Wildman–Crippen MR) is 94.3 cm³/mol. The van der Waals surface area contributed by atoms with Gasteiger partial charge in [-0.1, -0.05) is 36.9 Å². The van der Waals surface area contributed by atoms with Gasteiger partial charge in [0.05, 0.1) is 5.38 Å². The molecule has 118 valence electrons. The van der Waals surface area contributed by atoms with Crippen molar-refractivity contribution in [3.05, 3.63) is 11.1 Å². The fourth-order valence-corrected chi connectivity index (χ4v) is 8.71. The van der Waals surface area contributed by atoms with Gasteiger partial charge in [-0.05, 0) is 62.2 Å². The summed E-state index contributed by atoms with van der Waals surface area (Å²) in [6.07, 6.45) is 14.6. The van der Waals surface area contributed by atoms with Gasteiger partial charge in [-0.3, -0.25) is 0 Å². The summed E-state index contributed by atoms with van der Waals surface area (Å²) in [5.41, 5.74) is 0. The largest absolute Gasteiger partial charge is 0.155 e. The molecule has 7 unspecified atom stereocenters. The number of rotatable bonds is 1. The van der Waals surface area contributed by atoms with Crippen molar-refractivity contribution in [3.8, 4) is 0 Å². The Morgan fingerprint density at radius 3 is 2.57 bits per heavy atom. The molecule has 4 aliphatic rings. The average molecular weight is 345 g/mol. The van der Waals surface area contributed by atoms with Crippen LogP contribution in [0.1, 0.15) is 57.8 Å². The molecule has 0 nitrogen and oxygen atoms in total. The molecule has 7 atom stereocenters. The van der Waals surface area contributed by atoms with Gasteiger partial charge in [-0.15, -0.1) is 11.6 Å². The molecule has 0 spiro atoms. The third-order valence-corrected chi connectivity index (χ3v) is 8.92. The van der Waals surface area contributed by atoms with Crippen molar-refractivity contribution in [1.29, 1.82) is 0 Å². The summed E-state index contributed by atoms with van der Waals surface area (Å²) in [6.45, 7) is 0. The Morgan fingerprint density at radius 2 is 1.71 bits per heavy atom. The lowest BCUT2D eigenvalue weighted by molar-refractivity contribution is 0.102. The first kappa shape index (κ1) is 15.2. The van der Waals surface area contributed by atoms with Crippen LogP contribution in [0, 0.1) is 23.7 Å². The van der Waals surface area contributed by atoms with Gasteiger partial charge in [0, 0.05) is 15.5 Å². The molecule has 21 heavy (non-hydrogen) atoms. The number of alkyl halides is 1. The molecule has 0 amide bonds. The summed E-state index contributed by atoms with van der Waals surface area (Å²) in [5.74, 6) is 3.63. The quantitative estimate of drug-likeness (QED) is 0.509. The highest BCUT2D eigenvalue weighted by atomic mass is 35.5. The lowest BCUT2D eigenvalue weighted by atomic mass is 9.62. The monoisotopic (exact) mass is 344 g/mol. The minimum Gasteiger partial charge on any atom is -0.155 e. The first-order valence-corrected chi connectivity index (χ1v) is 10.6. The SMILES string of the molecule is ClC1=CC(Cl)CC(C2CCCC3SC4CCCCC4C32)C1. The average Bonchev–Trinajstić information content (AvgIpc) is 2.84. The minimum absolute atomic E-state index is 0.174. The van der Waals surface area contributed by atoms with E-state index in [9.17, 15) is 0 Å². The van der Waals surface area contributed by atoms with Crippen LogP contribution in [0.5, 0.6) is 0 Å². The molecule has 0 bridgehead atoms. The van der Waals surface area contributed by atoms with Crippen LogP contribution in [-0.4, -0.2) is 15.9 Å². The number of hydrogen-bond donors (Lipinski definition) is 0. The predicted octanol–water partition coefficient (Wildman–Crippen LogP) is 6.22. The Bertz CT molecular complexity index is 421. The van der Waals surface area contributed by atoms with Gasteiger partial charge in [0.15, 0.2) is 0 Å². The smallest absolute Gasteiger partial charge is 0.0532 e. The molecule has 1 aliphatic heterocycles. The standard InChI is InChI=1S/C18H26Cl2S/c19-12-8-11(9-13(20)10-12)14-5-3-7-17-18(14)15-4-1-2-6-16(15)21-17/h10-12,14-18H,1-9H2. The molecule has 0 radical (unpaired) electrons. The number of allylic oxidation sites excluding steroid dienone is 2. The van der Waals surface area contributed by atoms with Crippen molar-refractivity contribution >= 4 is 35.0 Å². The van der Waals surface area contributed by atoms with Crippen molar-refractivity contribution < 1.29 is 0 Å². The number of thioether (sulfide) groups is 1. The maximum absolute atomic E-state index is 6.44. The van der Waals surface area contributed by atoms with Gasteiger partial charge in [0.1, 0.15) is 0 Å². The molecule has 2 saturated carbocycles. The van der Waals surface area contributed by atoms with Crippen LogP contribution in [0.3, 0.4) is 0 Å². The molecule has 0 N–H and O–H groups in total. The van der Waals surface area contributed by atoms with E-state index in [1.165, 1.54) is 44.9 Å². The minimum atomic E-state index is 0.174. The number of fused-ring (bicyclic) bond motifs is 3. The highest BCUT2D eigenvalue weighted by Gasteiger charge is 2.51. The summed E-state index contributed by atoms with van der Waals surface area (Å²) >= 11 is 15.2. The summed E-state index contributed by atoms with van der Waals surface area (Å²) in [4.78, 5) is 0. The van der Waals surface area contributed by atoms with Crippen LogP contribution in [0.25, 0.3) is 0 Å². The second kappa shape index (κ2) is 6.29. The van der Waals surface area contributed by atoms with Gasteiger partial charge in [0.25, 0.3) is 0 Å². The highest BCUT2D eigenvalue weighted by molar-refractivity contribution is 8.00. The summed E-state index contributed by atoms with van der Waals surface area (Å²) in [6, 6.07) is 0. The first-order chi connectivity index (χ1) is 10.2. The van der Waals surface area contributed by atoms with E-state index in [0.29, 0.717) is 0 Å². The zero-order valence-corrected chi connectivity index (χ0v) is 15.0. The van der Waals surface area contributed by atoms with Gasteiger partial charge in [-0.25, -0.2) is 0 Å². The molecule has 3 fully saturated rings. The van der Waals surface area contributed by atoms with E-state index < -0.39 is 0 Å². The van der Waals surface area contributed by atoms with Crippen LogP contribution in [0.15, 0.2) is 11.1 Å². The Balaban J connectivity index is 1.55. The maximum atomic E-state index is 6.44. The van der Waals surface area contributed by atoms with Crippen molar-refractivity contribution in [3.63, 3.8) is 0 Å². The molecular formula is C18H26Cl2S. The van der Waals surface area contributed by atoms with Crippen molar-refractivity contribution in [1.82, 2.24) is 0 Å². The van der Waals surface area contributed by atoms with Crippen molar-refractivity contribution in [2.45, 2.75) is 73.7 Å². The van der Waals surface area contributed by atoms with E-state index in [4.69, 9.17) is 23.2 Å². The molecule has 3 aliphatic carbocycles. The Morgan fingerprint density at radius 1 is 0.952 bits per heavy atom. The second-order valence-electron chi connectivity index (χ2n) is 7.66. The summed E-state index contributed by atoms with van der Waals surface area (Å²) < 4.78 is 0. The Labute approximate surface area is 143 Å². The molecule has 0 aromatic rings. The van der Waals surface area contributed by atoms with Crippen LogP contribution in [0.2, 0.25) is 0 Å². The zero-order valence-electron chi connectivity index (χ0n) is 12.6. The van der Waals surface area contributed by atoms with E-state index in [2.05, 4.69) is 17.8 Å². The highest BCUT2D eigenvalue weighted by Crippen LogP contribution is 2.59. The van der Waals surface area contributed by atoms with Crippen molar-refractivity contribution in [2.75, 3.05) is 0 Å². The lowest BCUT2D eigenvalue weighted by Crippen LogP contribution is -2.39. The third-order valence-electron chi connectivity index (χ3n) is 6.50.